The SMILES string of the molecule is COc1cc(C(=O)OCC(=O)NC2(C#N)CCCC2)cc(Cl)c1OCC(N)=O. The minimum atomic E-state index is -0.893. The highest BCUT2D eigenvalue weighted by Gasteiger charge is 2.35. The van der Waals surface area contributed by atoms with Crippen molar-refractivity contribution >= 4 is 29.4 Å². The number of halogens is 1. The first kappa shape index (κ1) is 21.3. The lowest BCUT2D eigenvalue weighted by Crippen LogP contribution is -2.46. The van der Waals surface area contributed by atoms with E-state index in [-0.39, 0.29) is 22.1 Å². The number of nitrogens with one attached hydrogen (secondary N) is 1. The number of hydrogen-bond acceptors (Lipinski definition) is 7. The van der Waals surface area contributed by atoms with E-state index in [1.165, 1.54) is 19.2 Å². The normalized spacial score (nSPS) is 14.6. The summed E-state index contributed by atoms with van der Waals surface area (Å²) in [4.78, 5) is 35.1. The standard InChI is InChI=1S/C18H20ClN3O6/c1-26-13-7-11(6-12(19)16(13)27-8-14(21)23)17(25)28-9-15(24)22-18(10-20)4-2-3-5-18/h6-7H,2-5,8-9H2,1H3,(H2,21,23)(H,22,24). The van der Waals surface area contributed by atoms with Gasteiger partial charge >= 0.3 is 5.97 Å². The predicted octanol–water partition coefficient (Wildman–Crippen LogP) is 1.32. The zero-order valence-corrected chi connectivity index (χ0v) is 16.0. The minimum absolute atomic E-state index is 0.00592. The summed E-state index contributed by atoms with van der Waals surface area (Å²) in [6.45, 7) is -0.956. The van der Waals surface area contributed by atoms with Crippen molar-refractivity contribution in [3.8, 4) is 17.6 Å². The Bertz CT molecular complexity index is 814. The number of benzene rings is 1. The van der Waals surface area contributed by atoms with Crippen LogP contribution in [0.1, 0.15) is 36.0 Å². The summed E-state index contributed by atoms with van der Waals surface area (Å²) >= 11 is 6.07. The highest BCUT2D eigenvalue weighted by atomic mass is 35.5. The van der Waals surface area contributed by atoms with Crippen LogP contribution in [-0.2, 0) is 14.3 Å². The maximum atomic E-state index is 12.2. The molecule has 10 heteroatoms. The molecule has 3 N–H and O–H groups in total. The van der Waals surface area contributed by atoms with Crippen LogP contribution in [0.15, 0.2) is 12.1 Å². The van der Waals surface area contributed by atoms with Gasteiger partial charge in [0.2, 0.25) is 0 Å². The van der Waals surface area contributed by atoms with Gasteiger partial charge in [-0.15, -0.1) is 0 Å². The van der Waals surface area contributed by atoms with E-state index >= 15 is 0 Å². The van der Waals surface area contributed by atoms with Crippen LogP contribution < -0.4 is 20.5 Å². The Labute approximate surface area is 166 Å². The van der Waals surface area contributed by atoms with Crippen molar-refractivity contribution in [1.29, 1.82) is 5.26 Å². The topological polar surface area (TPSA) is 141 Å². The Balaban J connectivity index is 2.01. The molecular weight excluding hydrogens is 390 g/mol. The van der Waals surface area contributed by atoms with Gasteiger partial charge in [-0.1, -0.05) is 11.6 Å². The molecule has 0 bridgehead atoms. The van der Waals surface area contributed by atoms with Gasteiger partial charge in [0.05, 0.1) is 23.8 Å². The van der Waals surface area contributed by atoms with Crippen LogP contribution >= 0.6 is 11.6 Å². The van der Waals surface area contributed by atoms with E-state index in [2.05, 4.69) is 11.4 Å². The Kier molecular flexibility index (Phi) is 7.06. The van der Waals surface area contributed by atoms with Gasteiger partial charge in [0.15, 0.2) is 24.7 Å². The minimum Gasteiger partial charge on any atom is -0.493 e. The molecule has 0 atom stereocenters. The number of nitrogens with zero attached hydrogens (tertiary/aromatic N) is 1. The number of carbonyl (C=O) groups is 3. The van der Waals surface area contributed by atoms with E-state index in [1.807, 2.05) is 0 Å². The maximum absolute atomic E-state index is 12.2. The summed E-state index contributed by atoms with van der Waals surface area (Å²) in [6.07, 6.45) is 2.86. The second kappa shape index (κ2) is 9.28. The van der Waals surface area contributed by atoms with Crippen LogP contribution in [-0.4, -0.2) is 43.6 Å². The van der Waals surface area contributed by atoms with E-state index in [9.17, 15) is 19.6 Å². The number of ether oxygens (including phenoxy) is 3. The lowest BCUT2D eigenvalue weighted by atomic mass is 10.00. The summed E-state index contributed by atoms with van der Waals surface area (Å²) in [7, 11) is 1.33. The summed E-state index contributed by atoms with van der Waals surface area (Å²) < 4.78 is 15.3. The van der Waals surface area contributed by atoms with Crippen LogP contribution in [0.2, 0.25) is 5.02 Å². The molecule has 0 saturated heterocycles. The second-order valence-electron chi connectivity index (χ2n) is 6.27. The summed E-state index contributed by atoms with van der Waals surface area (Å²) in [5.41, 5.74) is 4.16. The van der Waals surface area contributed by atoms with Crippen LogP contribution in [0.3, 0.4) is 0 Å². The number of rotatable bonds is 8. The molecule has 1 aliphatic carbocycles. The molecule has 2 rings (SSSR count). The summed E-state index contributed by atoms with van der Waals surface area (Å²) in [6, 6.07) is 4.68. The Morgan fingerprint density at radius 2 is 1.96 bits per heavy atom. The Morgan fingerprint density at radius 3 is 2.54 bits per heavy atom. The number of nitriles is 1. The van der Waals surface area contributed by atoms with Gasteiger partial charge < -0.3 is 25.3 Å². The van der Waals surface area contributed by atoms with Crippen LogP contribution in [0.5, 0.6) is 11.5 Å². The van der Waals surface area contributed by atoms with Crippen molar-refractivity contribution in [2.45, 2.75) is 31.2 Å². The molecule has 1 aromatic rings. The number of carbonyl (C=O) groups excluding carboxylic acids is 3. The molecule has 0 radical (unpaired) electrons. The number of hydrogen-bond donors (Lipinski definition) is 2. The fourth-order valence-corrected chi connectivity index (χ4v) is 3.15. The molecule has 0 heterocycles. The summed E-state index contributed by atoms with van der Waals surface area (Å²) in [5, 5.41) is 11.9. The van der Waals surface area contributed by atoms with E-state index in [0.717, 1.165) is 12.8 Å². The molecule has 0 aromatic heterocycles. The lowest BCUT2D eigenvalue weighted by molar-refractivity contribution is -0.125. The third-order valence-electron chi connectivity index (χ3n) is 4.21. The van der Waals surface area contributed by atoms with Crippen molar-refractivity contribution in [3.63, 3.8) is 0 Å². The predicted molar refractivity (Wildman–Crippen MR) is 97.9 cm³/mol. The van der Waals surface area contributed by atoms with E-state index < -0.39 is 36.5 Å². The number of nitrogens with two attached hydrogens (primary N) is 1. The van der Waals surface area contributed by atoms with E-state index in [0.29, 0.717) is 12.8 Å². The smallest absolute Gasteiger partial charge is 0.338 e. The van der Waals surface area contributed by atoms with Crippen LogP contribution in [0, 0.1) is 11.3 Å². The van der Waals surface area contributed by atoms with Gasteiger partial charge in [0.25, 0.3) is 11.8 Å². The highest BCUT2D eigenvalue weighted by Crippen LogP contribution is 2.36. The molecule has 150 valence electrons. The molecule has 1 aromatic carbocycles. The monoisotopic (exact) mass is 409 g/mol. The number of amides is 2. The van der Waals surface area contributed by atoms with Gasteiger partial charge in [-0.2, -0.15) is 5.26 Å². The third kappa shape index (κ3) is 5.27. The molecule has 28 heavy (non-hydrogen) atoms. The molecule has 0 aliphatic heterocycles. The average molecular weight is 410 g/mol. The first-order valence-electron chi connectivity index (χ1n) is 8.48. The maximum Gasteiger partial charge on any atom is 0.338 e. The largest absolute Gasteiger partial charge is 0.493 e. The Morgan fingerprint density at radius 1 is 1.29 bits per heavy atom. The number of primary amides is 1. The summed E-state index contributed by atoms with van der Waals surface area (Å²) in [5.74, 6) is -1.93. The van der Waals surface area contributed by atoms with Gasteiger partial charge in [-0.3, -0.25) is 9.59 Å². The van der Waals surface area contributed by atoms with Crippen molar-refractivity contribution in [2.24, 2.45) is 5.73 Å². The van der Waals surface area contributed by atoms with Gasteiger partial charge in [-0.05, 0) is 37.8 Å². The van der Waals surface area contributed by atoms with Crippen LogP contribution in [0.25, 0.3) is 0 Å². The Hall–Kier alpha value is -2.99. The van der Waals surface area contributed by atoms with E-state index in [4.69, 9.17) is 31.5 Å². The van der Waals surface area contributed by atoms with Crippen LogP contribution in [0.4, 0.5) is 0 Å². The van der Waals surface area contributed by atoms with E-state index in [1.54, 1.807) is 0 Å². The molecule has 9 nitrogen and oxygen atoms in total. The fraction of sp³-hybridized carbons (Fsp3) is 0.444. The van der Waals surface area contributed by atoms with Gasteiger partial charge in [0, 0.05) is 0 Å². The molecular formula is C18H20ClN3O6. The van der Waals surface area contributed by atoms with Crippen molar-refractivity contribution < 1.29 is 28.6 Å². The zero-order chi connectivity index (χ0) is 20.7. The zero-order valence-electron chi connectivity index (χ0n) is 15.2. The quantitative estimate of drug-likeness (QED) is 0.616. The molecule has 0 spiro atoms. The fourth-order valence-electron chi connectivity index (χ4n) is 2.88. The van der Waals surface area contributed by atoms with Gasteiger partial charge in [0.1, 0.15) is 5.54 Å². The molecule has 1 saturated carbocycles. The lowest BCUT2D eigenvalue weighted by Gasteiger charge is -2.21. The second-order valence-corrected chi connectivity index (χ2v) is 6.68. The molecule has 1 fully saturated rings. The average Bonchev–Trinajstić information content (AvgIpc) is 3.13. The van der Waals surface area contributed by atoms with Crippen molar-refractivity contribution in [1.82, 2.24) is 5.32 Å². The number of esters is 1. The number of methoxy groups -OCH3 is 1. The highest BCUT2D eigenvalue weighted by molar-refractivity contribution is 6.32. The first-order chi connectivity index (χ1) is 13.3. The molecule has 0 unspecified atom stereocenters. The van der Waals surface area contributed by atoms with Crippen molar-refractivity contribution in [2.75, 3.05) is 20.3 Å². The first-order valence-corrected chi connectivity index (χ1v) is 8.86. The van der Waals surface area contributed by atoms with Gasteiger partial charge in [-0.25, -0.2) is 4.79 Å². The molecule has 2 amide bonds. The molecule has 1 aliphatic rings. The van der Waals surface area contributed by atoms with Crippen molar-refractivity contribution in [3.05, 3.63) is 22.7 Å². The third-order valence-corrected chi connectivity index (χ3v) is 4.49.